The van der Waals surface area contributed by atoms with Gasteiger partial charge in [0.1, 0.15) is 5.75 Å². The van der Waals surface area contributed by atoms with Gasteiger partial charge in [-0.15, -0.1) is 0 Å². The van der Waals surface area contributed by atoms with Crippen molar-refractivity contribution >= 4 is 23.2 Å². The summed E-state index contributed by atoms with van der Waals surface area (Å²) in [5.41, 5.74) is 6.30. The van der Waals surface area contributed by atoms with Crippen molar-refractivity contribution < 1.29 is 14.3 Å². The van der Waals surface area contributed by atoms with Crippen molar-refractivity contribution in [3.05, 3.63) is 59.8 Å². The van der Waals surface area contributed by atoms with Crippen LogP contribution in [0.4, 0.5) is 17.3 Å². The first-order chi connectivity index (χ1) is 20.6. The molecular weight excluding hydrogens is 532 g/mol. The number of piperazine rings is 1. The first-order valence-corrected chi connectivity index (χ1v) is 14.8. The lowest BCUT2D eigenvalue weighted by atomic mass is 10.1. The molecule has 5 heterocycles. The van der Waals surface area contributed by atoms with Crippen LogP contribution >= 0.6 is 0 Å². The molecule has 1 amide bonds. The summed E-state index contributed by atoms with van der Waals surface area (Å²) in [7, 11) is 1.68. The molecule has 11 nitrogen and oxygen atoms in total. The molecule has 0 saturated carbocycles. The SMILES string of the molecule is COc1ccc2cc1CNCCNC(=O)CN1CCN(CC1)Cc1cc(ccc1N1CCOCC1)Nc1nccc-2n1. The average Bonchev–Trinajstić information content (AvgIpc) is 3.02. The number of fused-ring (bicyclic) bond motifs is 8. The number of hydrogen-bond donors (Lipinski definition) is 3. The zero-order chi connectivity index (χ0) is 28.7. The number of methoxy groups -OCH3 is 1. The molecule has 3 aromatic rings. The van der Waals surface area contributed by atoms with E-state index in [2.05, 4.69) is 59.9 Å². The fraction of sp³-hybridized carbons (Fsp3) is 0.452. The summed E-state index contributed by atoms with van der Waals surface area (Å²) in [5.74, 6) is 1.43. The molecule has 222 valence electrons. The van der Waals surface area contributed by atoms with E-state index in [0.717, 1.165) is 87.3 Å². The van der Waals surface area contributed by atoms with Crippen LogP contribution in [0, 0.1) is 0 Å². The van der Waals surface area contributed by atoms with Crippen LogP contribution in [0.25, 0.3) is 11.3 Å². The highest BCUT2D eigenvalue weighted by Gasteiger charge is 2.22. The number of carbonyl (C=O) groups excluding carboxylic acids is 1. The fourth-order valence-corrected chi connectivity index (χ4v) is 5.81. The number of nitrogens with zero attached hydrogens (tertiary/aromatic N) is 5. The second-order valence-corrected chi connectivity index (χ2v) is 10.9. The standard InChI is InChI=1S/C31H40N8O3/c1-41-29-5-2-23-18-24(29)20-32-8-9-33-30(40)22-38-12-10-37(11-13-38)21-25-19-26(35-31-34-7-6-27(23)36-31)3-4-28(25)39-14-16-42-17-15-39/h2-7,18-19,32H,8-17,20-22H2,1H3,(H,33,40)(H,34,35,36). The molecule has 8 bridgehead atoms. The highest BCUT2D eigenvalue weighted by atomic mass is 16.5. The zero-order valence-corrected chi connectivity index (χ0v) is 24.3. The van der Waals surface area contributed by atoms with Gasteiger partial charge >= 0.3 is 0 Å². The zero-order valence-electron chi connectivity index (χ0n) is 24.3. The van der Waals surface area contributed by atoms with Crippen molar-refractivity contribution in [3.8, 4) is 17.0 Å². The molecule has 0 aliphatic carbocycles. The van der Waals surface area contributed by atoms with Crippen molar-refractivity contribution in [1.82, 2.24) is 30.4 Å². The van der Waals surface area contributed by atoms with Crippen molar-refractivity contribution in [1.29, 1.82) is 0 Å². The average molecular weight is 573 g/mol. The number of nitrogens with one attached hydrogen (secondary N) is 3. The van der Waals surface area contributed by atoms with E-state index in [1.807, 2.05) is 18.2 Å². The number of aromatic nitrogens is 2. The number of amides is 1. The van der Waals surface area contributed by atoms with Gasteiger partial charge in [-0.1, -0.05) is 0 Å². The van der Waals surface area contributed by atoms with Gasteiger partial charge in [-0.2, -0.15) is 0 Å². The Labute approximate surface area is 247 Å². The number of morpholine rings is 1. The molecule has 2 fully saturated rings. The minimum Gasteiger partial charge on any atom is -0.496 e. The number of carbonyl (C=O) groups is 1. The minimum absolute atomic E-state index is 0.0694. The van der Waals surface area contributed by atoms with Crippen LogP contribution in [-0.2, 0) is 22.6 Å². The van der Waals surface area contributed by atoms with Crippen LogP contribution in [0.15, 0.2) is 48.7 Å². The Kier molecular flexibility index (Phi) is 9.09. The van der Waals surface area contributed by atoms with Crippen LogP contribution in [-0.4, -0.2) is 105 Å². The maximum Gasteiger partial charge on any atom is 0.234 e. The molecule has 4 aliphatic rings. The third kappa shape index (κ3) is 6.99. The van der Waals surface area contributed by atoms with Gasteiger partial charge in [-0.05, 0) is 48.0 Å². The lowest BCUT2D eigenvalue weighted by Crippen LogP contribution is -2.49. The highest BCUT2D eigenvalue weighted by Crippen LogP contribution is 2.30. The number of rotatable bonds is 2. The smallest absolute Gasteiger partial charge is 0.234 e. The molecule has 11 heteroatoms. The molecule has 4 aliphatic heterocycles. The maximum absolute atomic E-state index is 12.6. The summed E-state index contributed by atoms with van der Waals surface area (Å²) in [6.45, 7) is 9.93. The third-order valence-corrected chi connectivity index (χ3v) is 8.08. The van der Waals surface area contributed by atoms with Crippen molar-refractivity contribution in [3.63, 3.8) is 0 Å². The first-order valence-electron chi connectivity index (χ1n) is 14.8. The largest absolute Gasteiger partial charge is 0.496 e. The van der Waals surface area contributed by atoms with Crippen LogP contribution < -0.4 is 25.6 Å². The highest BCUT2D eigenvalue weighted by molar-refractivity contribution is 5.78. The molecule has 2 aromatic carbocycles. The Morgan fingerprint density at radius 1 is 0.881 bits per heavy atom. The van der Waals surface area contributed by atoms with E-state index >= 15 is 0 Å². The van der Waals surface area contributed by atoms with Gasteiger partial charge in [0, 0.05) is 94.1 Å². The Hall–Kier alpha value is -3.77. The van der Waals surface area contributed by atoms with E-state index in [4.69, 9.17) is 14.5 Å². The molecule has 42 heavy (non-hydrogen) atoms. The summed E-state index contributed by atoms with van der Waals surface area (Å²) in [4.78, 5) is 29.2. The van der Waals surface area contributed by atoms with E-state index in [0.29, 0.717) is 32.1 Å². The van der Waals surface area contributed by atoms with Gasteiger partial charge in [0.2, 0.25) is 11.9 Å². The van der Waals surface area contributed by atoms with E-state index in [-0.39, 0.29) is 5.91 Å². The molecular formula is C31H40N8O3. The van der Waals surface area contributed by atoms with Crippen LogP contribution in [0.1, 0.15) is 11.1 Å². The Morgan fingerprint density at radius 3 is 2.50 bits per heavy atom. The molecule has 3 N–H and O–H groups in total. The van der Waals surface area contributed by atoms with E-state index in [1.54, 1.807) is 13.3 Å². The summed E-state index contributed by atoms with van der Waals surface area (Å²) >= 11 is 0. The van der Waals surface area contributed by atoms with E-state index < -0.39 is 0 Å². The Balaban J connectivity index is 1.31. The predicted molar refractivity (Wildman–Crippen MR) is 163 cm³/mol. The van der Waals surface area contributed by atoms with Gasteiger partial charge in [0.15, 0.2) is 0 Å². The summed E-state index contributed by atoms with van der Waals surface area (Å²) in [5, 5.41) is 9.95. The van der Waals surface area contributed by atoms with Gasteiger partial charge in [0.05, 0.1) is 32.6 Å². The number of hydrogen-bond acceptors (Lipinski definition) is 10. The first kappa shape index (κ1) is 28.4. The van der Waals surface area contributed by atoms with Crippen molar-refractivity contribution in [2.24, 2.45) is 0 Å². The fourth-order valence-electron chi connectivity index (χ4n) is 5.81. The second-order valence-electron chi connectivity index (χ2n) is 10.9. The summed E-state index contributed by atoms with van der Waals surface area (Å²) in [6, 6.07) is 14.5. The quantitative estimate of drug-likeness (QED) is 0.423. The number of benzene rings is 2. The van der Waals surface area contributed by atoms with E-state index in [1.165, 1.54) is 11.3 Å². The molecule has 0 unspecified atom stereocenters. The molecule has 1 aromatic heterocycles. The van der Waals surface area contributed by atoms with Crippen LogP contribution in [0.2, 0.25) is 0 Å². The number of anilines is 3. The Morgan fingerprint density at radius 2 is 1.69 bits per heavy atom. The molecule has 0 spiro atoms. The lowest BCUT2D eigenvalue weighted by Gasteiger charge is -2.36. The predicted octanol–water partition coefficient (Wildman–Crippen LogP) is 2.07. The van der Waals surface area contributed by atoms with Crippen LogP contribution in [0.5, 0.6) is 5.75 Å². The monoisotopic (exact) mass is 572 g/mol. The second kappa shape index (κ2) is 13.5. The summed E-state index contributed by atoms with van der Waals surface area (Å²) < 4.78 is 11.2. The normalized spacial score (nSPS) is 21.8. The summed E-state index contributed by atoms with van der Waals surface area (Å²) in [6.07, 6.45) is 1.79. The Bertz CT molecular complexity index is 1370. The van der Waals surface area contributed by atoms with Crippen LogP contribution in [0.3, 0.4) is 0 Å². The van der Waals surface area contributed by atoms with Gasteiger partial charge in [-0.25, -0.2) is 9.97 Å². The topological polar surface area (TPSA) is 107 Å². The third-order valence-electron chi connectivity index (χ3n) is 8.08. The maximum atomic E-state index is 12.6. The minimum atomic E-state index is 0.0694. The molecule has 0 atom stereocenters. The van der Waals surface area contributed by atoms with Crippen molar-refractivity contribution in [2.75, 3.05) is 89.4 Å². The van der Waals surface area contributed by atoms with E-state index in [9.17, 15) is 4.79 Å². The van der Waals surface area contributed by atoms with Gasteiger partial charge < -0.3 is 30.3 Å². The van der Waals surface area contributed by atoms with Crippen molar-refractivity contribution in [2.45, 2.75) is 13.1 Å². The number of ether oxygens (including phenoxy) is 2. The van der Waals surface area contributed by atoms with Gasteiger partial charge in [-0.3, -0.25) is 14.6 Å². The lowest BCUT2D eigenvalue weighted by molar-refractivity contribution is -0.122. The molecule has 0 radical (unpaired) electrons. The molecule has 2 saturated heterocycles. The molecule has 7 rings (SSSR count). The van der Waals surface area contributed by atoms with Gasteiger partial charge in [0.25, 0.3) is 0 Å².